The lowest BCUT2D eigenvalue weighted by Gasteiger charge is -2.08. The second kappa shape index (κ2) is 6.82. The summed E-state index contributed by atoms with van der Waals surface area (Å²) in [4.78, 5) is 11.8. The molecule has 1 amide bonds. The molecule has 124 valence electrons. The summed E-state index contributed by atoms with van der Waals surface area (Å²) < 4.78 is 39.3. The van der Waals surface area contributed by atoms with E-state index in [0.717, 1.165) is 12.1 Å². The Hall–Kier alpha value is -2.35. The van der Waals surface area contributed by atoms with Crippen LogP contribution in [0.25, 0.3) is 5.69 Å². The van der Waals surface area contributed by atoms with Crippen LogP contribution < -0.4 is 5.32 Å². The molecule has 0 saturated heterocycles. The molecule has 0 aliphatic carbocycles. The fourth-order valence-corrected chi connectivity index (χ4v) is 1.90. The minimum absolute atomic E-state index is 0.0907. The number of nitrogens with one attached hydrogen (secondary N) is 1. The van der Waals surface area contributed by atoms with Gasteiger partial charge in [-0.3, -0.25) is 4.79 Å². The third-order valence-electron chi connectivity index (χ3n) is 3.11. The van der Waals surface area contributed by atoms with Crippen molar-refractivity contribution in [2.24, 2.45) is 0 Å². The molecule has 23 heavy (non-hydrogen) atoms. The van der Waals surface area contributed by atoms with Gasteiger partial charge >= 0.3 is 6.18 Å². The Morgan fingerprint density at radius 3 is 2.78 bits per heavy atom. The zero-order chi connectivity index (χ0) is 17.0. The van der Waals surface area contributed by atoms with Gasteiger partial charge in [0.1, 0.15) is 0 Å². The SMILES string of the molecule is CC(O)CCNC(=O)c1ccn(-c2cccc(C(F)(F)F)c2)n1. The third-order valence-corrected chi connectivity index (χ3v) is 3.11. The average Bonchev–Trinajstić information content (AvgIpc) is 2.96. The van der Waals surface area contributed by atoms with Gasteiger partial charge in [0.05, 0.1) is 17.4 Å². The molecule has 1 heterocycles. The number of aliphatic hydroxyl groups is 1. The van der Waals surface area contributed by atoms with E-state index in [4.69, 9.17) is 5.11 Å². The van der Waals surface area contributed by atoms with Gasteiger partial charge in [-0.2, -0.15) is 18.3 Å². The van der Waals surface area contributed by atoms with Gasteiger partial charge in [-0.1, -0.05) is 6.07 Å². The Morgan fingerprint density at radius 1 is 1.39 bits per heavy atom. The molecule has 0 radical (unpaired) electrons. The van der Waals surface area contributed by atoms with E-state index < -0.39 is 23.8 Å². The lowest BCUT2D eigenvalue weighted by atomic mass is 10.2. The number of halogens is 3. The minimum Gasteiger partial charge on any atom is -0.393 e. The largest absolute Gasteiger partial charge is 0.416 e. The Kier molecular flexibility index (Phi) is 5.05. The van der Waals surface area contributed by atoms with Gasteiger partial charge in [0.15, 0.2) is 5.69 Å². The molecule has 1 aromatic carbocycles. The van der Waals surface area contributed by atoms with E-state index in [0.29, 0.717) is 6.42 Å². The molecule has 1 aromatic heterocycles. The molecule has 0 fully saturated rings. The highest BCUT2D eigenvalue weighted by molar-refractivity contribution is 5.92. The van der Waals surface area contributed by atoms with Crippen molar-refractivity contribution in [2.45, 2.75) is 25.6 Å². The molecule has 2 N–H and O–H groups in total. The normalized spacial score (nSPS) is 12.9. The number of aliphatic hydroxyl groups excluding tert-OH is 1. The van der Waals surface area contributed by atoms with Gasteiger partial charge in [-0.05, 0) is 37.6 Å². The van der Waals surface area contributed by atoms with Crippen molar-refractivity contribution in [3.05, 3.63) is 47.8 Å². The summed E-state index contributed by atoms with van der Waals surface area (Å²) in [6, 6.07) is 6.09. The van der Waals surface area contributed by atoms with Crippen molar-refractivity contribution in [2.75, 3.05) is 6.54 Å². The molecule has 8 heteroatoms. The number of nitrogens with zero attached hydrogens (tertiary/aromatic N) is 2. The van der Waals surface area contributed by atoms with E-state index >= 15 is 0 Å². The summed E-state index contributed by atoms with van der Waals surface area (Å²) in [6.45, 7) is 1.89. The number of hydrogen-bond donors (Lipinski definition) is 2. The van der Waals surface area contributed by atoms with Crippen molar-refractivity contribution < 1.29 is 23.1 Å². The smallest absolute Gasteiger partial charge is 0.393 e. The fourth-order valence-electron chi connectivity index (χ4n) is 1.90. The van der Waals surface area contributed by atoms with Crippen molar-refractivity contribution in [1.82, 2.24) is 15.1 Å². The lowest BCUT2D eigenvalue weighted by Crippen LogP contribution is -2.27. The molecule has 5 nitrogen and oxygen atoms in total. The van der Waals surface area contributed by atoms with Crippen LogP contribution in [0.2, 0.25) is 0 Å². The maximum atomic E-state index is 12.7. The number of benzene rings is 1. The maximum Gasteiger partial charge on any atom is 0.416 e. The monoisotopic (exact) mass is 327 g/mol. The fraction of sp³-hybridized carbons (Fsp3) is 0.333. The topological polar surface area (TPSA) is 67.2 Å². The highest BCUT2D eigenvalue weighted by Gasteiger charge is 2.30. The molecule has 0 aliphatic rings. The lowest BCUT2D eigenvalue weighted by molar-refractivity contribution is -0.137. The highest BCUT2D eigenvalue weighted by Crippen LogP contribution is 2.30. The summed E-state index contributed by atoms with van der Waals surface area (Å²) in [5.74, 6) is -0.448. The number of rotatable bonds is 5. The number of alkyl halides is 3. The molecule has 2 aromatic rings. The third kappa shape index (κ3) is 4.56. The highest BCUT2D eigenvalue weighted by atomic mass is 19.4. The summed E-state index contributed by atoms with van der Waals surface area (Å²) in [6.07, 6.45) is -3.15. The quantitative estimate of drug-likeness (QED) is 0.886. The predicted molar refractivity (Wildman–Crippen MR) is 77.2 cm³/mol. The average molecular weight is 327 g/mol. The van der Waals surface area contributed by atoms with Crippen LogP contribution in [0.3, 0.4) is 0 Å². The van der Waals surface area contributed by atoms with Gasteiger partial charge < -0.3 is 10.4 Å². The van der Waals surface area contributed by atoms with Crippen LogP contribution in [0.15, 0.2) is 36.5 Å². The maximum absolute atomic E-state index is 12.7. The van der Waals surface area contributed by atoms with E-state index in [1.54, 1.807) is 6.92 Å². The Labute approximate surface area is 130 Å². The first-order chi connectivity index (χ1) is 10.8. The molecule has 0 bridgehead atoms. The van der Waals surface area contributed by atoms with Gasteiger partial charge in [0.2, 0.25) is 0 Å². The summed E-state index contributed by atoms with van der Waals surface area (Å²) in [5, 5.41) is 15.7. The molecule has 1 atom stereocenters. The first-order valence-electron chi connectivity index (χ1n) is 6.97. The van der Waals surface area contributed by atoms with Crippen LogP contribution >= 0.6 is 0 Å². The van der Waals surface area contributed by atoms with Gasteiger partial charge in [0.25, 0.3) is 5.91 Å². The second-order valence-corrected chi connectivity index (χ2v) is 5.09. The first kappa shape index (κ1) is 17.0. The van der Waals surface area contributed by atoms with E-state index in [2.05, 4.69) is 10.4 Å². The summed E-state index contributed by atoms with van der Waals surface area (Å²) in [7, 11) is 0. The minimum atomic E-state index is -4.44. The molecule has 0 spiro atoms. The van der Waals surface area contributed by atoms with E-state index in [9.17, 15) is 18.0 Å². The van der Waals surface area contributed by atoms with Crippen LogP contribution in [0.1, 0.15) is 29.4 Å². The van der Waals surface area contributed by atoms with Crippen molar-refractivity contribution in [1.29, 1.82) is 0 Å². The van der Waals surface area contributed by atoms with Crippen LogP contribution in [-0.4, -0.2) is 33.4 Å². The standard InChI is InChI=1S/C15H16F3N3O2/c1-10(22)5-7-19-14(23)13-6-8-21(20-13)12-4-2-3-11(9-12)15(16,17)18/h2-4,6,8-10,22H,5,7H2,1H3,(H,19,23). The van der Waals surface area contributed by atoms with Gasteiger partial charge in [-0.15, -0.1) is 0 Å². The molecular formula is C15H16F3N3O2. The second-order valence-electron chi connectivity index (χ2n) is 5.09. The summed E-state index contributed by atoms with van der Waals surface area (Å²) in [5.41, 5.74) is -0.482. The van der Waals surface area contributed by atoms with E-state index in [1.807, 2.05) is 0 Å². The van der Waals surface area contributed by atoms with Crippen molar-refractivity contribution >= 4 is 5.91 Å². The molecule has 1 unspecified atom stereocenters. The van der Waals surface area contributed by atoms with Crippen molar-refractivity contribution in [3.8, 4) is 5.69 Å². The molecule has 0 aliphatic heterocycles. The zero-order valence-electron chi connectivity index (χ0n) is 12.3. The Bertz CT molecular complexity index is 681. The zero-order valence-corrected chi connectivity index (χ0v) is 12.3. The molecule has 0 saturated carbocycles. The van der Waals surface area contributed by atoms with E-state index in [1.165, 1.54) is 29.1 Å². The molecule has 2 rings (SSSR count). The van der Waals surface area contributed by atoms with Crippen LogP contribution in [0.4, 0.5) is 13.2 Å². The predicted octanol–water partition coefficient (Wildman–Crippen LogP) is 2.39. The number of aromatic nitrogens is 2. The Balaban J connectivity index is 2.12. The van der Waals surface area contributed by atoms with Gasteiger partial charge in [-0.25, -0.2) is 4.68 Å². The number of hydrogen-bond acceptors (Lipinski definition) is 3. The number of carbonyl (C=O) groups is 1. The van der Waals surface area contributed by atoms with Crippen LogP contribution in [0.5, 0.6) is 0 Å². The molecular weight excluding hydrogens is 311 g/mol. The van der Waals surface area contributed by atoms with Crippen molar-refractivity contribution in [3.63, 3.8) is 0 Å². The number of amides is 1. The van der Waals surface area contributed by atoms with Gasteiger partial charge in [0, 0.05) is 12.7 Å². The first-order valence-corrected chi connectivity index (χ1v) is 6.97. The van der Waals surface area contributed by atoms with Crippen LogP contribution in [0, 0.1) is 0 Å². The van der Waals surface area contributed by atoms with E-state index in [-0.39, 0.29) is 17.9 Å². The van der Waals surface area contributed by atoms with Crippen LogP contribution in [-0.2, 0) is 6.18 Å². The summed E-state index contributed by atoms with van der Waals surface area (Å²) >= 11 is 0. The number of carbonyl (C=O) groups excluding carboxylic acids is 1. The Morgan fingerprint density at radius 2 is 2.13 bits per heavy atom.